The van der Waals surface area contributed by atoms with Crippen LogP contribution in [-0.2, 0) is 0 Å². The highest BCUT2D eigenvalue weighted by molar-refractivity contribution is 7.10. The number of thiophene rings is 1. The van der Waals surface area contributed by atoms with Gasteiger partial charge in [-0.15, -0.1) is 11.3 Å². The molecule has 0 radical (unpaired) electrons. The Labute approximate surface area is 165 Å². The first-order valence-corrected chi connectivity index (χ1v) is 9.33. The Morgan fingerprint density at radius 2 is 2.04 bits per heavy atom. The van der Waals surface area contributed by atoms with Crippen LogP contribution >= 0.6 is 11.3 Å². The molecule has 3 rings (SSSR count). The van der Waals surface area contributed by atoms with E-state index < -0.39 is 10.8 Å². The van der Waals surface area contributed by atoms with Gasteiger partial charge in [0, 0.05) is 22.9 Å². The molecule has 0 aliphatic rings. The van der Waals surface area contributed by atoms with Crippen LogP contribution in [-0.4, -0.2) is 17.4 Å². The lowest BCUT2D eigenvalue weighted by atomic mass is 10.1. The molecular weight excluding hydrogens is 376 g/mol. The molecule has 1 heterocycles. The van der Waals surface area contributed by atoms with Gasteiger partial charge in [0.1, 0.15) is 0 Å². The van der Waals surface area contributed by atoms with Crippen LogP contribution in [0.2, 0.25) is 0 Å². The minimum absolute atomic E-state index is 0.134. The summed E-state index contributed by atoms with van der Waals surface area (Å²) in [5, 5.41) is 15.9. The molecule has 0 aliphatic carbocycles. The lowest BCUT2D eigenvalue weighted by Gasteiger charge is -2.08. The molecule has 0 bridgehead atoms. The topological polar surface area (TPSA) is 81.5 Å². The zero-order chi connectivity index (χ0) is 19.9. The summed E-state index contributed by atoms with van der Waals surface area (Å²) in [5.74, 6) is 5.79. The molecule has 1 N–H and O–H groups in total. The van der Waals surface area contributed by atoms with E-state index in [9.17, 15) is 14.9 Å². The molecule has 0 aliphatic heterocycles. The van der Waals surface area contributed by atoms with Gasteiger partial charge in [-0.2, -0.15) is 0 Å². The maximum atomic E-state index is 12.5. The Bertz CT molecular complexity index is 1070. The smallest absolute Gasteiger partial charge is 0.311 e. The quantitative estimate of drug-likeness (QED) is 0.387. The van der Waals surface area contributed by atoms with Crippen molar-refractivity contribution in [3.8, 4) is 17.6 Å². The average Bonchev–Trinajstić information content (AvgIpc) is 3.20. The number of nitrogens with zero attached hydrogens (tertiary/aromatic N) is 1. The fourth-order valence-corrected chi connectivity index (χ4v) is 3.01. The predicted molar refractivity (Wildman–Crippen MR) is 109 cm³/mol. The predicted octanol–water partition coefficient (Wildman–Crippen LogP) is 4.71. The van der Waals surface area contributed by atoms with Gasteiger partial charge in [-0.3, -0.25) is 14.9 Å². The Balaban J connectivity index is 1.78. The van der Waals surface area contributed by atoms with Gasteiger partial charge in [-0.1, -0.05) is 24.0 Å². The second kappa shape index (κ2) is 8.84. The molecule has 1 amide bonds. The zero-order valence-corrected chi connectivity index (χ0v) is 15.8. The Kier molecular flexibility index (Phi) is 6.04. The first kappa shape index (κ1) is 19.1. The highest BCUT2D eigenvalue weighted by atomic mass is 32.1. The number of carbonyl (C=O) groups excluding carboxylic acids is 1. The summed E-state index contributed by atoms with van der Waals surface area (Å²) in [6.07, 6.45) is 0. The van der Waals surface area contributed by atoms with Crippen molar-refractivity contribution >= 4 is 28.6 Å². The maximum absolute atomic E-state index is 12.5. The minimum atomic E-state index is -0.567. The van der Waals surface area contributed by atoms with Gasteiger partial charge in [0.2, 0.25) is 0 Å². The molecule has 0 unspecified atom stereocenters. The van der Waals surface area contributed by atoms with E-state index in [2.05, 4.69) is 17.2 Å². The van der Waals surface area contributed by atoms with Crippen LogP contribution < -0.4 is 10.1 Å². The summed E-state index contributed by atoms with van der Waals surface area (Å²) in [4.78, 5) is 24.1. The summed E-state index contributed by atoms with van der Waals surface area (Å²) >= 11 is 1.55. The Morgan fingerprint density at radius 3 is 2.75 bits per heavy atom. The molecule has 28 heavy (non-hydrogen) atoms. The maximum Gasteiger partial charge on any atom is 0.311 e. The number of nitro benzene ring substituents is 1. The van der Waals surface area contributed by atoms with Crippen molar-refractivity contribution in [1.29, 1.82) is 0 Å². The van der Waals surface area contributed by atoms with E-state index in [4.69, 9.17) is 4.74 Å². The summed E-state index contributed by atoms with van der Waals surface area (Å²) in [6.45, 7) is 2.03. The number of nitrogens with one attached hydrogen (secondary N) is 1. The largest absolute Gasteiger partial charge is 0.487 e. The first-order valence-electron chi connectivity index (χ1n) is 8.45. The molecule has 7 heteroatoms. The third-order valence-corrected chi connectivity index (χ3v) is 4.47. The molecule has 140 valence electrons. The van der Waals surface area contributed by atoms with Crippen LogP contribution in [0.5, 0.6) is 5.75 Å². The van der Waals surface area contributed by atoms with Crippen LogP contribution in [0.1, 0.15) is 27.7 Å². The zero-order valence-electron chi connectivity index (χ0n) is 15.0. The number of hydrogen-bond acceptors (Lipinski definition) is 5. The number of carbonyl (C=O) groups is 1. The van der Waals surface area contributed by atoms with Gasteiger partial charge in [0.25, 0.3) is 5.91 Å². The summed E-state index contributed by atoms with van der Waals surface area (Å²) < 4.78 is 5.24. The summed E-state index contributed by atoms with van der Waals surface area (Å²) in [6, 6.07) is 15.1. The monoisotopic (exact) mass is 392 g/mol. The first-order chi connectivity index (χ1) is 13.6. The third-order valence-electron chi connectivity index (χ3n) is 3.69. The second-order valence-corrected chi connectivity index (χ2v) is 6.58. The van der Waals surface area contributed by atoms with E-state index in [0.717, 1.165) is 10.4 Å². The molecule has 0 saturated carbocycles. The van der Waals surface area contributed by atoms with Crippen LogP contribution in [0.15, 0.2) is 60.0 Å². The van der Waals surface area contributed by atoms with Gasteiger partial charge in [0.05, 0.1) is 16.4 Å². The number of nitro groups is 1. The van der Waals surface area contributed by atoms with Crippen molar-refractivity contribution in [2.75, 3.05) is 11.9 Å². The van der Waals surface area contributed by atoms with Crippen molar-refractivity contribution in [3.63, 3.8) is 0 Å². The third kappa shape index (κ3) is 4.75. The molecule has 3 aromatic rings. The Morgan fingerprint density at radius 1 is 1.18 bits per heavy atom. The number of rotatable bonds is 5. The highest BCUT2D eigenvalue weighted by Crippen LogP contribution is 2.28. The number of hydrogen-bond donors (Lipinski definition) is 1. The van der Waals surface area contributed by atoms with Crippen molar-refractivity contribution < 1.29 is 14.5 Å². The number of ether oxygens (including phenoxy) is 1. The molecule has 1 aromatic heterocycles. The highest BCUT2D eigenvalue weighted by Gasteiger charge is 2.18. The normalized spacial score (nSPS) is 9.89. The Hall–Kier alpha value is -3.63. The van der Waals surface area contributed by atoms with E-state index in [0.29, 0.717) is 12.3 Å². The molecule has 0 saturated heterocycles. The fourth-order valence-electron chi connectivity index (χ4n) is 2.44. The fraction of sp³-hybridized carbons (Fsp3) is 0.0952. The number of benzene rings is 2. The van der Waals surface area contributed by atoms with Crippen LogP contribution in [0.3, 0.4) is 0 Å². The molecule has 6 nitrogen and oxygen atoms in total. The van der Waals surface area contributed by atoms with Crippen molar-refractivity contribution in [3.05, 3.63) is 86.1 Å². The van der Waals surface area contributed by atoms with Crippen molar-refractivity contribution in [2.24, 2.45) is 0 Å². The lowest BCUT2D eigenvalue weighted by molar-refractivity contribution is -0.385. The van der Waals surface area contributed by atoms with Crippen LogP contribution in [0, 0.1) is 22.0 Å². The summed E-state index contributed by atoms with van der Waals surface area (Å²) in [7, 11) is 0. The van der Waals surface area contributed by atoms with Crippen molar-refractivity contribution in [1.82, 2.24) is 0 Å². The van der Waals surface area contributed by atoms with E-state index in [-0.39, 0.29) is 17.0 Å². The lowest BCUT2D eigenvalue weighted by Crippen LogP contribution is -2.12. The standard InChI is InChI=1S/C21H16N2O4S/c1-2-27-20-11-9-16(14-19(20)23(25)26)21(24)22-17-6-3-5-15(13-17)8-10-18-7-4-12-28-18/h3-7,9,11-14H,2H2,1H3,(H,22,24). The minimum Gasteiger partial charge on any atom is -0.487 e. The molecule has 0 fully saturated rings. The van der Waals surface area contributed by atoms with Crippen LogP contribution in [0.4, 0.5) is 11.4 Å². The van der Waals surface area contributed by atoms with E-state index >= 15 is 0 Å². The molecule has 0 atom stereocenters. The van der Waals surface area contributed by atoms with Gasteiger partial charge in [-0.25, -0.2) is 0 Å². The van der Waals surface area contributed by atoms with Gasteiger partial charge < -0.3 is 10.1 Å². The van der Waals surface area contributed by atoms with Crippen molar-refractivity contribution in [2.45, 2.75) is 6.92 Å². The number of amides is 1. The molecule has 0 spiro atoms. The van der Waals surface area contributed by atoms with Crippen LogP contribution in [0.25, 0.3) is 0 Å². The second-order valence-electron chi connectivity index (χ2n) is 5.63. The van der Waals surface area contributed by atoms with Gasteiger partial charge in [-0.05, 0) is 48.7 Å². The number of anilines is 1. The summed E-state index contributed by atoms with van der Waals surface area (Å²) in [5.41, 5.74) is 1.23. The van der Waals surface area contributed by atoms with E-state index in [1.165, 1.54) is 18.2 Å². The average molecular weight is 392 g/mol. The van der Waals surface area contributed by atoms with E-state index in [1.54, 1.807) is 36.5 Å². The molecule has 2 aromatic carbocycles. The molecular formula is C21H16N2O4S. The van der Waals surface area contributed by atoms with E-state index in [1.807, 2.05) is 23.6 Å². The van der Waals surface area contributed by atoms with Gasteiger partial charge in [0.15, 0.2) is 5.75 Å². The van der Waals surface area contributed by atoms with Gasteiger partial charge >= 0.3 is 5.69 Å². The SMILES string of the molecule is CCOc1ccc(C(=O)Nc2cccc(C#Cc3cccs3)c2)cc1[N+](=O)[O-].